The maximum absolute atomic E-state index is 12.4. The molecule has 2 aromatic rings. The second kappa shape index (κ2) is 9.67. The number of thiophene rings is 1. The molecule has 0 bridgehead atoms. The summed E-state index contributed by atoms with van der Waals surface area (Å²) in [6.45, 7) is 4.31. The number of primary amides is 1. The van der Waals surface area contributed by atoms with Gasteiger partial charge in [-0.1, -0.05) is 12.1 Å². The summed E-state index contributed by atoms with van der Waals surface area (Å²) in [6.07, 6.45) is 1.85. The molecule has 1 unspecified atom stereocenters. The maximum Gasteiger partial charge on any atom is 0.265 e. The van der Waals surface area contributed by atoms with Crippen LogP contribution in [0.1, 0.15) is 39.9 Å². The minimum absolute atomic E-state index is 0.0661. The summed E-state index contributed by atoms with van der Waals surface area (Å²) in [5.41, 5.74) is 7.30. The molecule has 0 spiro atoms. The fourth-order valence-corrected chi connectivity index (χ4v) is 4.23. The van der Waals surface area contributed by atoms with Gasteiger partial charge in [0.05, 0.1) is 17.3 Å². The van der Waals surface area contributed by atoms with Gasteiger partial charge in [0.25, 0.3) is 5.91 Å². The number of nitrogens with one attached hydrogen (secondary N) is 2. The molecule has 0 radical (unpaired) electrons. The van der Waals surface area contributed by atoms with E-state index in [1.165, 1.54) is 18.3 Å². The summed E-state index contributed by atoms with van der Waals surface area (Å²) >= 11 is 1.36. The van der Waals surface area contributed by atoms with Gasteiger partial charge in [-0.3, -0.25) is 19.3 Å². The molecule has 2 heterocycles. The van der Waals surface area contributed by atoms with Crippen LogP contribution in [0.15, 0.2) is 36.4 Å². The normalized spacial score (nSPS) is 16.9. The second-order valence-corrected chi connectivity index (χ2v) is 8.47. The molecule has 1 fully saturated rings. The lowest BCUT2D eigenvalue weighted by atomic mass is 9.97. The van der Waals surface area contributed by atoms with Crippen molar-refractivity contribution in [3.63, 3.8) is 0 Å². The van der Waals surface area contributed by atoms with Crippen LogP contribution in [0.25, 0.3) is 0 Å². The number of hydrogen-bond donors (Lipinski definition) is 3. The average Bonchev–Trinajstić information content (AvgIpc) is 3.17. The predicted octanol–water partition coefficient (Wildman–Crippen LogP) is 2.33. The third kappa shape index (κ3) is 6.13. The Labute approximate surface area is 174 Å². The molecule has 1 aliphatic rings. The fourth-order valence-electron chi connectivity index (χ4n) is 3.38. The number of nitrogens with zero attached hydrogens (tertiary/aromatic N) is 1. The zero-order chi connectivity index (χ0) is 20.8. The van der Waals surface area contributed by atoms with Crippen molar-refractivity contribution in [2.24, 2.45) is 11.7 Å². The number of anilines is 1. The molecule has 3 amide bonds. The first-order chi connectivity index (χ1) is 13.9. The van der Waals surface area contributed by atoms with Gasteiger partial charge in [-0.15, -0.1) is 11.3 Å². The Kier molecular flexibility index (Phi) is 7.00. The number of rotatable bonds is 7. The molecule has 1 atom stereocenters. The van der Waals surface area contributed by atoms with Gasteiger partial charge in [0.2, 0.25) is 11.8 Å². The van der Waals surface area contributed by atoms with E-state index < -0.39 is 0 Å². The quantitative estimate of drug-likeness (QED) is 0.647. The van der Waals surface area contributed by atoms with Crippen molar-refractivity contribution >= 4 is 34.7 Å². The summed E-state index contributed by atoms with van der Waals surface area (Å²) in [7, 11) is 0. The van der Waals surface area contributed by atoms with E-state index in [1.54, 1.807) is 6.07 Å². The van der Waals surface area contributed by atoms with E-state index in [1.807, 2.05) is 30.3 Å². The van der Waals surface area contributed by atoms with Crippen molar-refractivity contribution in [3.05, 3.63) is 51.7 Å². The van der Waals surface area contributed by atoms with Crippen LogP contribution in [0, 0.1) is 5.92 Å². The molecule has 1 aliphatic heterocycles. The first-order valence-corrected chi connectivity index (χ1v) is 10.5. The predicted molar refractivity (Wildman–Crippen MR) is 113 cm³/mol. The molecule has 4 N–H and O–H groups in total. The van der Waals surface area contributed by atoms with Gasteiger partial charge in [0, 0.05) is 30.6 Å². The highest BCUT2D eigenvalue weighted by Gasteiger charge is 2.23. The monoisotopic (exact) mass is 414 g/mol. The summed E-state index contributed by atoms with van der Waals surface area (Å²) in [5, 5.41) is 5.62. The van der Waals surface area contributed by atoms with Crippen molar-refractivity contribution < 1.29 is 14.4 Å². The number of amides is 3. The topological polar surface area (TPSA) is 105 Å². The molecule has 0 aliphatic carbocycles. The molecule has 3 rings (SSSR count). The number of likely N-dealkylation sites (tertiary alicyclic amines) is 1. The third-order valence-corrected chi connectivity index (χ3v) is 6.01. The Balaban J connectivity index is 1.53. The Bertz CT molecular complexity index is 878. The van der Waals surface area contributed by atoms with Crippen molar-refractivity contribution in [2.45, 2.75) is 32.9 Å². The lowest BCUT2D eigenvalue weighted by Gasteiger charge is -2.31. The number of piperidine rings is 1. The van der Waals surface area contributed by atoms with Gasteiger partial charge in [0.1, 0.15) is 0 Å². The highest BCUT2D eigenvalue weighted by molar-refractivity contribution is 7.14. The molecule has 1 aromatic heterocycles. The van der Waals surface area contributed by atoms with Crippen LogP contribution in [0.4, 0.5) is 5.69 Å². The van der Waals surface area contributed by atoms with Gasteiger partial charge in [-0.2, -0.15) is 0 Å². The van der Waals surface area contributed by atoms with E-state index in [9.17, 15) is 14.4 Å². The number of hydrogen-bond acceptors (Lipinski definition) is 5. The van der Waals surface area contributed by atoms with E-state index in [0.29, 0.717) is 18.0 Å². The van der Waals surface area contributed by atoms with Crippen molar-refractivity contribution in [1.82, 2.24) is 10.2 Å². The van der Waals surface area contributed by atoms with E-state index in [0.717, 1.165) is 42.1 Å². The molecule has 8 heteroatoms. The Morgan fingerprint density at radius 1 is 1.17 bits per heavy atom. The smallest absolute Gasteiger partial charge is 0.265 e. The lowest BCUT2D eigenvalue weighted by Crippen LogP contribution is -2.40. The van der Waals surface area contributed by atoms with Crippen LogP contribution in [0.5, 0.6) is 0 Å². The highest BCUT2D eigenvalue weighted by atomic mass is 32.1. The van der Waals surface area contributed by atoms with E-state index in [-0.39, 0.29) is 23.6 Å². The summed E-state index contributed by atoms with van der Waals surface area (Å²) < 4.78 is 0. The second-order valence-electron chi connectivity index (χ2n) is 7.30. The van der Waals surface area contributed by atoms with E-state index in [4.69, 9.17) is 5.73 Å². The average molecular weight is 415 g/mol. The molecule has 1 saturated heterocycles. The minimum Gasteiger partial charge on any atom is -0.369 e. The van der Waals surface area contributed by atoms with Crippen molar-refractivity contribution in [2.75, 3.05) is 18.4 Å². The van der Waals surface area contributed by atoms with Crippen LogP contribution in [-0.4, -0.2) is 35.7 Å². The Hall–Kier alpha value is -2.71. The highest BCUT2D eigenvalue weighted by Crippen LogP contribution is 2.21. The number of carbonyl (C=O) groups is 3. The van der Waals surface area contributed by atoms with Gasteiger partial charge >= 0.3 is 0 Å². The first kappa shape index (κ1) is 21.0. The first-order valence-electron chi connectivity index (χ1n) is 9.66. The van der Waals surface area contributed by atoms with Gasteiger partial charge in [-0.25, -0.2) is 0 Å². The minimum atomic E-state index is -0.221. The van der Waals surface area contributed by atoms with Gasteiger partial charge < -0.3 is 16.4 Å². The lowest BCUT2D eigenvalue weighted by molar-refractivity contribution is -0.123. The van der Waals surface area contributed by atoms with E-state index in [2.05, 4.69) is 15.5 Å². The van der Waals surface area contributed by atoms with Crippen LogP contribution in [0.2, 0.25) is 0 Å². The molecule has 29 heavy (non-hydrogen) atoms. The van der Waals surface area contributed by atoms with Crippen LogP contribution >= 0.6 is 11.3 Å². The molecular weight excluding hydrogens is 388 g/mol. The summed E-state index contributed by atoms with van der Waals surface area (Å²) in [6, 6.07) is 11.3. The molecule has 1 aromatic carbocycles. The van der Waals surface area contributed by atoms with Gasteiger partial charge in [0.15, 0.2) is 0 Å². The van der Waals surface area contributed by atoms with Crippen LogP contribution in [0.3, 0.4) is 0 Å². The van der Waals surface area contributed by atoms with Crippen molar-refractivity contribution in [3.8, 4) is 0 Å². The zero-order valence-electron chi connectivity index (χ0n) is 16.4. The number of benzene rings is 1. The van der Waals surface area contributed by atoms with Crippen LogP contribution < -0.4 is 16.4 Å². The number of nitrogens with two attached hydrogens (primary N) is 1. The fraction of sp³-hybridized carbons (Fsp3) is 0.381. The molecule has 154 valence electrons. The SMILES string of the molecule is CC(=O)NCc1ccc(C(=O)Nc2ccc(CN3CCCC(C(N)=O)C3)cc2)s1. The molecular formula is C21H26N4O3S. The molecule has 7 nitrogen and oxygen atoms in total. The van der Waals surface area contributed by atoms with Crippen LogP contribution in [-0.2, 0) is 22.7 Å². The van der Waals surface area contributed by atoms with Crippen molar-refractivity contribution in [1.29, 1.82) is 0 Å². The maximum atomic E-state index is 12.4. The summed E-state index contributed by atoms with van der Waals surface area (Å²) in [5.74, 6) is -0.554. The standard InChI is InChI=1S/C21H26N4O3S/c1-14(26)23-11-18-8-9-19(29-18)21(28)24-17-6-4-15(5-7-17)12-25-10-2-3-16(13-25)20(22)27/h4-9,16H,2-3,10-13H2,1H3,(H2,22,27)(H,23,26)(H,24,28). The van der Waals surface area contributed by atoms with Gasteiger partial charge in [-0.05, 0) is 49.2 Å². The molecule has 0 saturated carbocycles. The third-order valence-electron chi connectivity index (χ3n) is 4.92. The zero-order valence-corrected chi connectivity index (χ0v) is 17.3. The number of carbonyl (C=O) groups excluding carboxylic acids is 3. The summed E-state index contributed by atoms with van der Waals surface area (Å²) in [4.78, 5) is 38.6. The Morgan fingerprint density at radius 2 is 1.93 bits per heavy atom. The Morgan fingerprint density at radius 3 is 2.62 bits per heavy atom. The van der Waals surface area contributed by atoms with E-state index >= 15 is 0 Å². The largest absolute Gasteiger partial charge is 0.369 e.